The first-order valence-corrected chi connectivity index (χ1v) is 7.63. The molecule has 0 amide bonds. The van der Waals surface area contributed by atoms with Gasteiger partial charge in [0.2, 0.25) is 0 Å². The molecule has 0 N–H and O–H groups in total. The Hall–Kier alpha value is -1.74. The quantitative estimate of drug-likeness (QED) is 0.612. The molecule has 0 bridgehead atoms. The van der Waals surface area contributed by atoms with E-state index in [1.807, 2.05) is 30.3 Å². The summed E-state index contributed by atoms with van der Waals surface area (Å²) in [6.45, 7) is 4.44. The monoisotopic (exact) mass is 283 g/mol. The highest BCUT2D eigenvalue weighted by atomic mass is 32.2. The molecule has 0 aliphatic carbocycles. The van der Waals surface area contributed by atoms with Crippen molar-refractivity contribution in [2.75, 3.05) is 0 Å². The summed E-state index contributed by atoms with van der Waals surface area (Å²) in [6, 6.07) is 18.4. The van der Waals surface area contributed by atoms with E-state index >= 15 is 0 Å². The van der Waals surface area contributed by atoms with E-state index in [1.54, 1.807) is 11.8 Å². The molecule has 3 aromatic rings. The van der Waals surface area contributed by atoms with Crippen LogP contribution in [0.3, 0.4) is 0 Å². The second kappa shape index (κ2) is 5.33. The maximum atomic E-state index is 5.84. The highest BCUT2D eigenvalue weighted by Gasteiger charge is 2.28. The van der Waals surface area contributed by atoms with Gasteiger partial charge in [-0.1, -0.05) is 61.2 Å². The number of benzene rings is 2. The molecule has 20 heavy (non-hydrogen) atoms. The van der Waals surface area contributed by atoms with Crippen molar-refractivity contribution in [2.45, 2.75) is 30.2 Å². The number of para-hydroxylation sites is 2. The van der Waals surface area contributed by atoms with E-state index in [4.69, 9.17) is 4.42 Å². The summed E-state index contributed by atoms with van der Waals surface area (Å²) in [6.07, 6.45) is 1.01. The van der Waals surface area contributed by atoms with Crippen LogP contribution >= 0.6 is 11.8 Å². The Kier molecular flexibility index (Phi) is 3.53. The Morgan fingerprint density at radius 3 is 2.45 bits per heavy atom. The maximum absolute atomic E-state index is 5.84. The van der Waals surface area contributed by atoms with Gasteiger partial charge in [0.05, 0.1) is 0 Å². The number of hydrogen-bond donors (Lipinski definition) is 0. The number of aromatic nitrogens is 1. The van der Waals surface area contributed by atoms with E-state index in [9.17, 15) is 0 Å². The predicted molar refractivity (Wildman–Crippen MR) is 84.0 cm³/mol. The third kappa shape index (κ3) is 2.46. The van der Waals surface area contributed by atoms with E-state index in [1.165, 1.54) is 5.56 Å². The number of rotatable bonds is 4. The number of nitrogens with zero attached hydrogens (tertiary/aromatic N) is 1. The summed E-state index contributed by atoms with van der Waals surface area (Å²) in [5, 5.41) is 0.736. The fourth-order valence-corrected chi connectivity index (χ4v) is 3.27. The molecular formula is C17H17NOS. The maximum Gasteiger partial charge on any atom is 0.257 e. The standard InChI is InChI=1S/C17H17NOS/c1-3-17(2,13-9-5-4-6-10-13)20-16-18-14-11-7-8-12-15(14)19-16/h4-12H,3H2,1-2H3/t17-/m0/s1. The Morgan fingerprint density at radius 2 is 1.75 bits per heavy atom. The third-order valence-electron chi connectivity index (χ3n) is 3.65. The second-order valence-corrected chi connectivity index (χ2v) is 6.45. The van der Waals surface area contributed by atoms with E-state index in [0.29, 0.717) is 0 Å². The minimum atomic E-state index is -0.0257. The molecule has 1 aromatic heterocycles. The van der Waals surface area contributed by atoms with Gasteiger partial charge in [-0.15, -0.1) is 0 Å². The SMILES string of the molecule is CC[C@](C)(Sc1nc2ccccc2o1)c1ccccc1. The summed E-state index contributed by atoms with van der Waals surface area (Å²) >= 11 is 1.69. The van der Waals surface area contributed by atoms with E-state index in [-0.39, 0.29) is 4.75 Å². The molecular weight excluding hydrogens is 266 g/mol. The molecule has 0 unspecified atom stereocenters. The van der Waals surface area contributed by atoms with Crippen LogP contribution in [0, 0.1) is 0 Å². The van der Waals surface area contributed by atoms with Crippen molar-refractivity contribution in [3.8, 4) is 0 Å². The molecule has 3 rings (SSSR count). The van der Waals surface area contributed by atoms with Gasteiger partial charge >= 0.3 is 0 Å². The van der Waals surface area contributed by atoms with Gasteiger partial charge in [-0.3, -0.25) is 0 Å². The summed E-state index contributed by atoms with van der Waals surface area (Å²) < 4.78 is 5.81. The van der Waals surface area contributed by atoms with Crippen LogP contribution in [0.4, 0.5) is 0 Å². The highest BCUT2D eigenvalue weighted by Crippen LogP contribution is 2.43. The fraction of sp³-hybridized carbons (Fsp3) is 0.235. The van der Waals surface area contributed by atoms with Crippen molar-refractivity contribution in [3.05, 3.63) is 60.2 Å². The van der Waals surface area contributed by atoms with Crippen LogP contribution < -0.4 is 0 Å². The topological polar surface area (TPSA) is 26.0 Å². The van der Waals surface area contributed by atoms with Crippen LogP contribution in [0.25, 0.3) is 11.1 Å². The minimum absolute atomic E-state index is 0.0257. The van der Waals surface area contributed by atoms with Gasteiger partial charge in [0.25, 0.3) is 5.22 Å². The molecule has 3 heteroatoms. The van der Waals surface area contributed by atoms with Crippen LogP contribution in [0.15, 0.2) is 64.2 Å². The number of fused-ring (bicyclic) bond motifs is 1. The predicted octanol–water partition coefficient (Wildman–Crippen LogP) is 5.25. The summed E-state index contributed by atoms with van der Waals surface area (Å²) in [4.78, 5) is 4.57. The number of thioether (sulfide) groups is 1. The van der Waals surface area contributed by atoms with E-state index in [0.717, 1.165) is 22.7 Å². The van der Waals surface area contributed by atoms with Gasteiger partial charge in [-0.25, -0.2) is 4.98 Å². The van der Waals surface area contributed by atoms with Crippen LogP contribution in [-0.2, 0) is 4.75 Å². The molecule has 2 nitrogen and oxygen atoms in total. The van der Waals surface area contributed by atoms with Crippen molar-refractivity contribution < 1.29 is 4.42 Å². The lowest BCUT2D eigenvalue weighted by Crippen LogP contribution is -2.15. The third-order valence-corrected chi connectivity index (χ3v) is 4.97. The molecule has 102 valence electrons. The second-order valence-electron chi connectivity index (χ2n) is 5.00. The van der Waals surface area contributed by atoms with Gasteiger partial charge in [-0.05, 0) is 31.0 Å². The normalized spacial score (nSPS) is 14.3. The zero-order valence-corrected chi connectivity index (χ0v) is 12.5. The van der Waals surface area contributed by atoms with Crippen molar-refractivity contribution in [3.63, 3.8) is 0 Å². The zero-order valence-electron chi connectivity index (χ0n) is 11.7. The summed E-state index contributed by atoms with van der Waals surface area (Å²) in [7, 11) is 0. The van der Waals surface area contributed by atoms with Crippen LogP contribution in [0.1, 0.15) is 25.8 Å². The Bertz CT molecular complexity index is 674. The first-order chi connectivity index (χ1) is 9.71. The average molecular weight is 283 g/mol. The highest BCUT2D eigenvalue weighted by molar-refractivity contribution is 8.00. The molecule has 1 atom stereocenters. The summed E-state index contributed by atoms with van der Waals surface area (Å²) in [5.41, 5.74) is 3.07. The lowest BCUT2D eigenvalue weighted by molar-refractivity contribution is 0.483. The minimum Gasteiger partial charge on any atom is -0.431 e. The molecule has 1 heterocycles. The lowest BCUT2D eigenvalue weighted by atomic mass is 9.98. The molecule has 0 aliphatic heterocycles. The van der Waals surface area contributed by atoms with Gasteiger partial charge in [-0.2, -0.15) is 0 Å². The van der Waals surface area contributed by atoms with E-state index < -0.39 is 0 Å². The van der Waals surface area contributed by atoms with Crippen LogP contribution in [0.2, 0.25) is 0 Å². The van der Waals surface area contributed by atoms with Gasteiger partial charge in [0, 0.05) is 4.75 Å². The Labute approximate surface area is 123 Å². The van der Waals surface area contributed by atoms with Crippen molar-refractivity contribution in [1.82, 2.24) is 4.98 Å². The smallest absolute Gasteiger partial charge is 0.257 e. The van der Waals surface area contributed by atoms with Crippen molar-refractivity contribution in [2.24, 2.45) is 0 Å². The summed E-state index contributed by atoms with van der Waals surface area (Å²) in [5.74, 6) is 0. The lowest BCUT2D eigenvalue weighted by Gasteiger charge is -2.26. The molecule has 0 saturated heterocycles. The Morgan fingerprint density at radius 1 is 1.05 bits per heavy atom. The number of oxazole rings is 1. The fourth-order valence-electron chi connectivity index (χ4n) is 2.21. The van der Waals surface area contributed by atoms with Gasteiger partial charge in [0.1, 0.15) is 5.52 Å². The van der Waals surface area contributed by atoms with Crippen LogP contribution in [0.5, 0.6) is 0 Å². The first kappa shape index (κ1) is 13.3. The van der Waals surface area contributed by atoms with Crippen molar-refractivity contribution in [1.29, 1.82) is 0 Å². The van der Waals surface area contributed by atoms with E-state index in [2.05, 4.69) is 43.1 Å². The molecule has 0 radical (unpaired) electrons. The van der Waals surface area contributed by atoms with Gasteiger partial charge in [0.15, 0.2) is 5.58 Å². The zero-order chi connectivity index (χ0) is 14.0. The van der Waals surface area contributed by atoms with Crippen LogP contribution in [-0.4, -0.2) is 4.98 Å². The molecule has 0 fully saturated rings. The average Bonchev–Trinajstić information content (AvgIpc) is 2.90. The van der Waals surface area contributed by atoms with Gasteiger partial charge < -0.3 is 4.42 Å². The molecule has 0 saturated carbocycles. The largest absolute Gasteiger partial charge is 0.431 e. The first-order valence-electron chi connectivity index (χ1n) is 6.81. The molecule has 0 spiro atoms. The Balaban J connectivity index is 1.95. The molecule has 2 aromatic carbocycles. The molecule has 0 aliphatic rings. The van der Waals surface area contributed by atoms with Crippen molar-refractivity contribution >= 4 is 22.9 Å². The number of hydrogen-bond acceptors (Lipinski definition) is 3.